The third kappa shape index (κ3) is 15.8. The molecule has 0 aliphatic carbocycles. The fourth-order valence-corrected chi connectivity index (χ4v) is 13.0. The van der Waals surface area contributed by atoms with Gasteiger partial charge in [0.2, 0.25) is 0 Å². The van der Waals surface area contributed by atoms with Crippen molar-refractivity contribution in [3.8, 4) is 55.6 Å². The first-order valence-corrected chi connectivity index (χ1v) is 33.1. The lowest BCUT2D eigenvalue weighted by molar-refractivity contribution is 0.552. The summed E-state index contributed by atoms with van der Waals surface area (Å²) < 4.78 is 70.5. The fourth-order valence-electron chi connectivity index (χ4n) is 11.3. The average Bonchev–Trinajstić information content (AvgIpc) is 1.58. The monoisotopic (exact) mass is 1450 g/mol. The van der Waals surface area contributed by atoms with E-state index in [0.29, 0.717) is 104 Å². The molecule has 15 aromatic rings. The van der Waals surface area contributed by atoms with Gasteiger partial charge in [0.1, 0.15) is 74.2 Å². The number of rotatable bonds is 10. The second-order valence-electron chi connectivity index (χ2n) is 22.4. The molecule has 19 heteroatoms. The zero-order chi connectivity index (χ0) is 68.8. The van der Waals surface area contributed by atoms with Crippen molar-refractivity contribution in [1.82, 2.24) is 0 Å². The van der Waals surface area contributed by atoms with E-state index >= 15 is 0 Å². The number of aryl methyl sites for hydroxylation is 3. The first-order chi connectivity index (χ1) is 46.8. The van der Waals surface area contributed by atoms with E-state index in [2.05, 4.69) is 0 Å². The Morgan fingerprint density at radius 1 is 0.306 bits per heavy atom. The summed E-state index contributed by atoms with van der Waals surface area (Å²) in [5, 5.41) is 8.52. The molecule has 0 bridgehead atoms. The van der Waals surface area contributed by atoms with Crippen molar-refractivity contribution in [3.63, 3.8) is 0 Å². The van der Waals surface area contributed by atoms with E-state index < -0.39 is 0 Å². The summed E-state index contributed by atoms with van der Waals surface area (Å²) >= 11 is 43.2. The number of hydrogen-bond acceptors (Lipinski definition) is 9. The molecule has 9 nitrogen and oxygen atoms in total. The lowest BCUT2D eigenvalue weighted by atomic mass is 9.99. The zero-order valence-electron chi connectivity index (χ0n) is 52.2. The molecule has 8 N–H and O–H groups in total. The molecule has 0 spiro atoms. The van der Waals surface area contributed by atoms with Gasteiger partial charge in [0.15, 0.2) is 0 Å². The standard InChI is InChI=1S/2C16H13ClFNO.C16H12ClFO.2C15H11Cl2NO.CH4/c1-9-4-11(17)2-3-14(9)15-7-12(18)5-10-6-13(8-19)20-16(10)15;1-9-2-3-11(17)6-14(9)15-7-12(18)4-10-5-13(8-19)20-16(10)15;1-2-11-9-10-7-8-14(18)15(16(10)19-11)12-5-3-4-6-13(12)17;16-12-5-2-6-13(17)14(12)11-4-1-3-9-7-10(8-18)19-15(9)11;16-12-4-2-1-3-11(12)14-13(17)6-5-9-7-10(8-18)19-15(9)14;/h2*2-7H,8,19H2,1H3;3-9H,2H2,1H3;2*1-7H,8,18H2;1H4. The number of para-hydroxylation sites is 1. The summed E-state index contributed by atoms with van der Waals surface area (Å²) in [6.45, 7) is 7.18. The van der Waals surface area contributed by atoms with Gasteiger partial charge in [0.25, 0.3) is 0 Å². The Morgan fingerprint density at radius 3 is 1.26 bits per heavy atom. The van der Waals surface area contributed by atoms with E-state index in [0.717, 1.165) is 101 Å². The Hall–Kier alpha value is -8.44. The molecule has 0 unspecified atom stereocenters. The Morgan fingerprint density at radius 2 is 0.714 bits per heavy atom. The Bertz CT molecular complexity index is 5220. The van der Waals surface area contributed by atoms with Gasteiger partial charge in [-0.2, -0.15) is 0 Å². The minimum atomic E-state index is -0.322. The smallest absolute Gasteiger partial charge is 0.145 e. The van der Waals surface area contributed by atoms with Crippen LogP contribution in [0.15, 0.2) is 222 Å². The van der Waals surface area contributed by atoms with Crippen LogP contribution in [-0.2, 0) is 32.6 Å². The quantitative estimate of drug-likeness (QED) is 0.104. The van der Waals surface area contributed by atoms with Crippen LogP contribution in [0.5, 0.6) is 0 Å². The molecule has 0 aliphatic rings. The van der Waals surface area contributed by atoms with Crippen LogP contribution in [0.1, 0.15) is 54.3 Å². The normalized spacial score (nSPS) is 11.0. The molecule has 500 valence electrons. The molecule has 0 saturated carbocycles. The topological polar surface area (TPSA) is 170 Å². The second-order valence-corrected chi connectivity index (χ2v) is 25.3. The predicted octanol–water partition coefficient (Wildman–Crippen LogP) is 25.1. The van der Waals surface area contributed by atoms with E-state index in [1.807, 2.05) is 154 Å². The summed E-state index contributed by atoms with van der Waals surface area (Å²) in [5.41, 5.74) is 35.3. The van der Waals surface area contributed by atoms with Crippen LogP contribution in [0, 0.1) is 31.3 Å². The third-order valence-electron chi connectivity index (χ3n) is 15.9. The predicted molar refractivity (Wildman–Crippen MR) is 400 cm³/mol. The highest BCUT2D eigenvalue weighted by molar-refractivity contribution is 6.40. The lowest BCUT2D eigenvalue weighted by Crippen LogP contribution is -1.92. The van der Waals surface area contributed by atoms with Crippen LogP contribution in [0.25, 0.3) is 110 Å². The first-order valence-electron chi connectivity index (χ1n) is 30.4. The van der Waals surface area contributed by atoms with E-state index in [-0.39, 0.29) is 38.0 Å². The summed E-state index contributed by atoms with van der Waals surface area (Å²) in [4.78, 5) is 0. The number of furan rings is 5. The first kappa shape index (κ1) is 72.3. The van der Waals surface area contributed by atoms with Gasteiger partial charge in [-0.1, -0.05) is 168 Å². The van der Waals surface area contributed by atoms with Crippen LogP contribution in [0.3, 0.4) is 0 Å². The van der Waals surface area contributed by atoms with Crippen molar-refractivity contribution in [3.05, 3.63) is 293 Å². The van der Waals surface area contributed by atoms with Gasteiger partial charge in [0, 0.05) is 92.4 Å². The lowest BCUT2D eigenvalue weighted by Gasteiger charge is -2.08. The summed E-state index contributed by atoms with van der Waals surface area (Å²) in [6, 6.07) is 59.2. The van der Waals surface area contributed by atoms with Crippen LogP contribution < -0.4 is 22.9 Å². The van der Waals surface area contributed by atoms with E-state index in [9.17, 15) is 13.2 Å². The van der Waals surface area contributed by atoms with Gasteiger partial charge < -0.3 is 45.0 Å². The highest BCUT2D eigenvalue weighted by Gasteiger charge is 2.21. The Balaban J connectivity index is 0.000000132. The largest absolute Gasteiger partial charge is 0.460 e. The van der Waals surface area contributed by atoms with E-state index in [1.165, 1.54) is 30.3 Å². The van der Waals surface area contributed by atoms with Crippen molar-refractivity contribution in [2.75, 3.05) is 0 Å². The molecule has 5 aromatic heterocycles. The van der Waals surface area contributed by atoms with Gasteiger partial charge in [-0.05, 0) is 163 Å². The summed E-state index contributed by atoms with van der Waals surface area (Å²) in [6.07, 6.45) is 0.776. The maximum Gasteiger partial charge on any atom is 0.145 e. The van der Waals surface area contributed by atoms with Crippen LogP contribution in [-0.4, -0.2) is 0 Å². The third-order valence-corrected chi connectivity index (χ3v) is 17.9. The van der Waals surface area contributed by atoms with Gasteiger partial charge in [-0.3, -0.25) is 0 Å². The SMILES string of the molecule is C.CCc1cc2ccc(F)c(-c3ccccc3Cl)c2o1.Cc1cc(Cl)ccc1-c1cc(F)cc2cc(CN)oc12.Cc1ccc(Cl)cc1-c1cc(F)cc2cc(CN)oc12.NCc1cc2ccc(Cl)c(-c3ccccc3Cl)c2o1.NCc1cc2cccc(-c3c(Cl)cccc3Cl)c2o1. The number of benzene rings is 10. The van der Waals surface area contributed by atoms with Gasteiger partial charge in [-0.25, -0.2) is 13.2 Å². The summed E-state index contributed by atoms with van der Waals surface area (Å²) in [7, 11) is 0. The average molecular weight is 1450 g/mol. The van der Waals surface area contributed by atoms with Crippen molar-refractivity contribution < 1.29 is 35.3 Å². The molecule has 0 saturated heterocycles. The number of nitrogens with two attached hydrogens (primary N) is 4. The molecule has 0 aliphatic heterocycles. The van der Waals surface area contributed by atoms with Crippen LogP contribution in [0.4, 0.5) is 13.2 Å². The van der Waals surface area contributed by atoms with Gasteiger partial charge in [-0.15, -0.1) is 0 Å². The van der Waals surface area contributed by atoms with Gasteiger partial charge >= 0.3 is 0 Å². The van der Waals surface area contributed by atoms with Crippen LogP contribution >= 0.6 is 81.2 Å². The van der Waals surface area contributed by atoms with E-state index in [1.54, 1.807) is 36.4 Å². The minimum Gasteiger partial charge on any atom is -0.460 e. The van der Waals surface area contributed by atoms with E-state index in [4.69, 9.17) is 126 Å². The highest BCUT2D eigenvalue weighted by Crippen LogP contribution is 2.43. The Kier molecular flexibility index (Phi) is 23.6. The van der Waals surface area contributed by atoms with Crippen molar-refractivity contribution >= 4 is 136 Å². The highest BCUT2D eigenvalue weighted by atomic mass is 35.5. The fraction of sp³-hybridized carbons (Fsp3) is 0.114. The van der Waals surface area contributed by atoms with Gasteiger partial charge in [0.05, 0.1) is 46.8 Å². The minimum absolute atomic E-state index is 0. The molecule has 0 amide bonds. The maximum absolute atomic E-state index is 14.2. The second kappa shape index (κ2) is 32.0. The zero-order valence-corrected chi connectivity index (χ0v) is 57.5. The maximum atomic E-state index is 14.2. The molecule has 0 radical (unpaired) electrons. The molecule has 5 heterocycles. The molecule has 10 aromatic carbocycles. The molecular weight excluding hydrogens is 1390 g/mol. The Labute approximate surface area is 599 Å². The number of fused-ring (bicyclic) bond motifs is 5. The number of hydrogen-bond donors (Lipinski definition) is 4. The molecule has 0 atom stereocenters. The van der Waals surface area contributed by atoms with Crippen molar-refractivity contribution in [2.45, 2.75) is 60.8 Å². The molecule has 0 fully saturated rings. The summed E-state index contributed by atoms with van der Waals surface area (Å²) in [5.74, 6) is 2.65. The molecular formula is C79H64Cl7F3N4O5. The van der Waals surface area contributed by atoms with Crippen LogP contribution in [0.2, 0.25) is 35.2 Å². The molecule has 15 rings (SSSR count). The van der Waals surface area contributed by atoms with Crippen molar-refractivity contribution in [1.29, 1.82) is 0 Å². The van der Waals surface area contributed by atoms with Crippen molar-refractivity contribution in [2.24, 2.45) is 22.9 Å². The molecule has 98 heavy (non-hydrogen) atoms. The number of halogens is 10.